The molecule has 0 aromatic heterocycles. The van der Waals surface area contributed by atoms with Gasteiger partial charge in [-0.2, -0.15) is 0 Å². The number of likely N-dealkylation sites (N-methyl/N-ethyl adjacent to an activating group) is 1. The molecule has 0 N–H and O–H groups in total. The molecule has 3 nitrogen and oxygen atoms in total. The Morgan fingerprint density at radius 3 is 2.69 bits per heavy atom. The lowest BCUT2D eigenvalue weighted by molar-refractivity contribution is 0.495. The van der Waals surface area contributed by atoms with E-state index in [1.165, 1.54) is 0 Å². The van der Waals surface area contributed by atoms with E-state index in [1.54, 1.807) is 12.4 Å². The van der Waals surface area contributed by atoms with E-state index in [2.05, 4.69) is 28.4 Å². The van der Waals surface area contributed by atoms with Crippen LogP contribution in [0.25, 0.3) is 0 Å². The molecule has 13 heavy (non-hydrogen) atoms. The lowest BCUT2D eigenvalue weighted by Gasteiger charge is -2.18. The highest BCUT2D eigenvalue weighted by molar-refractivity contribution is 5.85. The van der Waals surface area contributed by atoms with Gasteiger partial charge < -0.3 is 4.90 Å². The standard InChI is InChI=1S/C10H19N3/c1-5-8-13(4)10(12-7-3)9-11-6-2/h6-7H,3,5,8-9H2,1-2,4H3. The van der Waals surface area contributed by atoms with E-state index in [0.29, 0.717) is 6.54 Å². The molecular formula is C10H19N3. The minimum atomic E-state index is 0.638. The third-order valence-corrected chi connectivity index (χ3v) is 1.66. The van der Waals surface area contributed by atoms with Crippen LogP contribution in [0.1, 0.15) is 20.3 Å². The fraction of sp³-hybridized carbons (Fsp3) is 0.600. The maximum atomic E-state index is 4.17. The first-order chi connectivity index (χ1) is 6.26. The van der Waals surface area contributed by atoms with Crippen LogP contribution in [0.3, 0.4) is 0 Å². The van der Waals surface area contributed by atoms with Crippen molar-refractivity contribution in [2.75, 3.05) is 20.1 Å². The third kappa shape index (κ3) is 5.17. The van der Waals surface area contributed by atoms with Gasteiger partial charge in [-0.1, -0.05) is 13.5 Å². The Balaban J connectivity index is 4.23. The number of nitrogens with zero attached hydrogens (tertiary/aromatic N) is 3. The molecule has 0 heterocycles. The smallest absolute Gasteiger partial charge is 0.125 e. The molecule has 0 bridgehead atoms. The maximum Gasteiger partial charge on any atom is 0.125 e. The molecule has 0 saturated carbocycles. The minimum Gasteiger partial charge on any atom is -0.362 e. The van der Waals surface area contributed by atoms with E-state index in [4.69, 9.17) is 0 Å². The predicted octanol–water partition coefficient (Wildman–Crippen LogP) is 1.96. The summed E-state index contributed by atoms with van der Waals surface area (Å²) < 4.78 is 0. The summed E-state index contributed by atoms with van der Waals surface area (Å²) in [5.74, 6) is 0.968. The summed E-state index contributed by atoms with van der Waals surface area (Å²) in [6.45, 7) is 9.28. The lowest BCUT2D eigenvalue weighted by atomic mass is 10.4. The third-order valence-electron chi connectivity index (χ3n) is 1.66. The van der Waals surface area contributed by atoms with Crippen molar-refractivity contribution in [2.24, 2.45) is 9.98 Å². The molecule has 0 atom stereocenters. The molecule has 0 spiro atoms. The van der Waals surface area contributed by atoms with Crippen LogP contribution in [-0.2, 0) is 0 Å². The van der Waals surface area contributed by atoms with E-state index in [1.807, 2.05) is 14.0 Å². The van der Waals surface area contributed by atoms with Crippen LogP contribution in [-0.4, -0.2) is 37.1 Å². The van der Waals surface area contributed by atoms with Crippen molar-refractivity contribution in [3.8, 4) is 0 Å². The monoisotopic (exact) mass is 181 g/mol. The van der Waals surface area contributed by atoms with Gasteiger partial charge >= 0.3 is 0 Å². The summed E-state index contributed by atoms with van der Waals surface area (Å²) in [6.07, 6.45) is 4.47. The Morgan fingerprint density at radius 2 is 2.23 bits per heavy atom. The van der Waals surface area contributed by atoms with Gasteiger partial charge in [-0.15, -0.1) is 0 Å². The molecule has 3 heteroatoms. The van der Waals surface area contributed by atoms with E-state index in [0.717, 1.165) is 18.8 Å². The molecule has 0 aliphatic rings. The Kier molecular flexibility index (Phi) is 6.88. The first-order valence-corrected chi connectivity index (χ1v) is 4.59. The van der Waals surface area contributed by atoms with Crippen LogP contribution in [0.15, 0.2) is 22.8 Å². The van der Waals surface area contributed by atoms with Gasteiger partial charge in [0, 0.05) is 19.8 Å². The zero-order chi connectivity index (χ0) is 10.1. The summed E-state index contributed by atoms with van der Waals surface area (Å²) in [7, 11) is 2.02. The molecule has 0 amide bonds. The summed E-state index contributed by atoms with van der Waals surface area (Å²) >= 11 is 0. The van der Waals surface area contributed by atoms with E-state index in [-0.39, 0.29) is 0 Å². The van der Waals surface area contributed by atoms with Crippen LogP contribution in [0.4, 0.5) is 0 Å². The molecule has 0 aliphatic carbocycles. The quantitative estimate of drug-likeness (QED) is 0.470. The molecule has 0 saturated heterocycles. The highest BCUT2D eigenvalue weighted by Gasteiger charge is 2.02. The van der Waals surface area contributed by atoms with Gasteiger partial charge in [-0.05, 0) is 19.6 Å². The number of aliphatic imine (C=N–C) groups is 2. The number of amidine groups is 1. The summed E-state index contributed by atoms with van der Waals surface area (Å²) in [6, 6.07) is 0. The van der Waals surface area contributed by atoms with Gasteiger partial charge in [-0.25, -0.2) is 4.99 Å². The summed E-state index contributed by atoms with van der Waals surface area (Å²) in [4.78, 5) is 10.4. The molecular weight excluding hydrogens is 162 g/mol. The van der Waals surface area contributed by atoms with E-state index in [9.17, 15) is 0 Å². The normalized spacial score (nSPS) is 12.1. The summed E-state index contributed by atoms with van der Waals surface area (Å²) in [5, 5.41) is 0. The molecule has 74 valence electrons. The van der Waals surface area contributed by atoms with Crippen LogP contribution >= 0.6 is 0 Å². The second-order valence-electron chi connectivity index (χ2n) is 2.75. The van der Waals surface area contributed by atoms with Crippen molar-refractivity contribution in [1.82, 2.24) is 4.90 Å². The molecule has 0 aliphatic heterocycles. The number of rotatable bonds is 5. The number of hydrogen-bond donors (Lipinski definition) is 0. The van der Waals surface area contributed by atoms with Crippen molar-refractivity contribution < 1.29 is 0 Å². The largest absolute Gasteiger partial charge is 0.362 e. The van der Waals surface area contributed by atoms with Gasteiger partial charge in [0.1, 0.15) is 5.84 Å². The molecule has 0 fully saturated rings. The highest BCUT2D eigenvalue weighted by Crippen LogP contribution is 1.92. The molecule has 0 aromatic carbocycles. The number of hydrogen-bond acceptors (Lipinski definition) is 2. The van der Waals surface area contributed by atoms with E-state index >= 15 is 0 Å². The van der Waals surface area contributed by atoms with Gasteiger partial charge in [0.2, 0.25) is 0 Å². The first-order valence-electron chi connectivity index (χ1n) is 4.59. The predicted molar refractivity (Wildman–Crippen MR) is 59.6 cm³/mol. The van der Waals surface area contributed by atoms with Crippen molar-refractivity contribution >= 4 is 12.1 Å². The minimum absolute atomic E-state index is 0.638. The van der Waals surface area contributed by atoms with Crippen LogP contribution < -0.4 is 0 Å². The Hall–Kier alpha value is -1.12. The molecule has 0 rings (SSSR count). The van der Waals surface area contributed by atoms with Gasteiger partial charge in [0.05, 0.1) is 6.54 Å². The van der Waals surface area contributed by atoms with Crippen LogP contribution in [0.5, 0.6) is 0 Å². The molecule has 0 unspecified atom stereocenters. The average Bonchev–Trinajstić information content (AvgIpc) is 2.12. The zero-order valence-electron chi connectivity index (χ0n) is 8.82. The van der Waals surface area contributed by atoms with Crippen molar-refractivity contribution in [2.45, 2.75) is 20.3 Å². The first kappa shape index (κ1) is 11.9. The molecule has 0 aromatic rings. The lowest BCUT2D eigenvalue weighted by Crippen LogP contribution is -2.29. The topological polar surface area (TPSA) is 28.0 Å². The van der Waals surface area contributed by atoms with Crippen LogP contribution in [0.2, 0.25) is 0 Å². The van der Waals surface area contributed by atoms with Gasteiger partial charge in [0.15, 0.2) is 0 Å². The second-order valence-corrected chi connectivity index (χ2v) is 2.75. The van der Waals surface area contributed by atoms with Crippen molar-refractivity contribution in [3.63, 3.8) is 0 Å². The second kappa shape index (κ2) is 7.53. The van der Waals surface area contributed by atoms with Crippen molar-refractivity contribution in [3.05, 3.63) is 12.8 Å². The fourth-order valence-corrected chi connectivity index (χ4v) is 1.00. The average molecular weight is 181 g/mol. The van der Waals surface area contributed by atoms with Crippen molar-refractivity contribution in [1.29, 1.82) is 0 Å². The molecule has 0 radical (unpaired) electrons. The zero-order valence-corrected chi connectivity index (χ0v) is 8.82. The fourth-order valence-electron chi connectivity index (χ4n) is 1.00. The SMILES string of the molecule is C=CN=C(CN=CC)N(C)CCC. The maximum absolute atomic E-state index is 4.17. The Labute approximate surface area is 80.9 Å². The van der Waals surface area contributed by atoms with Gasteiger partial charge in [-0.3, -0.25) is 4.99 Å². The Morgan fingerprint density at radius 1 is 1.54 bits per heavy atom. The van der Waals surface area contributed by atoms with Gasteiger partial charge in [0.25, 0.3) is 0 Å². The Bertz CT molecular complexity index is 194. The van der Waals surface area contributed by atoms with E-state index < -0.39 is 0 Å². The summed E-state index contributed by atoms with van der Waals surface area (Å²) in [5.41, 5.74) is 0. The van der Waals surface area contributed by atoms with Crippen LogP contribution in [0, 0.1) is 0 Å². The highest BCUT2D eigenvalue weighted by atomic mass is 15.2.